The average molecular weight is 207 g/mol. The second-order valence-electron chi connectivity index (χ2n) is 1.92. The van der Waals surface area contributed by atoms with Gasteiger partial charge in [0.25, 0.3) is 5.56 Å². The molecular weight excluding hydrogens is 199 g/mol. The molecular formula is C5H7N3O2Zn. The van der Waals surface area contributed by atoms with Crippen molar-refractivity contribution >= 4 is 5.82 Å². The minimum Gasteiger partial charge on any atom is -0.385 e. The number of hydrogen-bond donors (Lipinski definition) is 2. The number of nitrogens with one attached hydrogen (secondary N) is 1. The molecule has 0 atom stereocenters. The van der Waals surface area contributed by atoms with Gasteiger partial charge >= 0.3 is 5.69 Å². The molecule has 56 valence electrons. The summed E-state index contributed by atoms with van der Waals surface area (Å²) < 4.78 is 1.15. The van der Waals surface area contributed by atoms with Gasteiger partial charge in [0.1, 0.15) is 5.82 Å². The van der Waals surface area contributed by atoms with Crippen LogP contribution in [0.4, 0.5) is 5.82 Å². The second-order valence-corrected chi connectivity index (χ2v) is 1.92. The van der Waals surface area contributed by atoms with Crippen LogP contribution < -0.4 is 17.0 Å². The molecule has 0 amide bonds. The number of nitrogens with two attached hydrogens (primary N) is 1. The fourth-order valence-electron chi connectivity index (χ4n) is 0.574. The van der Waals surface area contributed by atoms with Crippen LogP contribution in [0.1, 0.15) is 0 Å². The molecule has 0 aliphatic heterocycles. The standard InChI is InChI=1S/C5H7N3O2.Zn/c1-8-3(6)2-4(9)7-5(8)10;/h2H,6H2,1H3,(H,7,9,10);. The van der Waals surface area contributed by atoms with Gasteiger partial charge < -0.3 is 5.73 Å². The fraction of sp³-hybridized carbons (Fsp3) is 0.200. The van der Waals surface area contributed by atoms with Crippen molar-refractivity contribution in [1.29, 1.82) is 0 Å². The Morgan fingerprint density at radius 1 is 1.55 bits per heavy atom. The van der Waals surface area contributed by atoms with Crippen molar-refractivity contribution < 1.29 is 19.5 Å². The van der Waals surface area contributed by atoms with E-state index in [0.717, 1.165) is 10.6 Å². The third kappa shape index (κ3) is 2.01. The van der Waals surface area contributed by atoms with E-state index in [-0.39, 0.29) is 25.3 Å². The summed E-state index contributed by atoms with van der Waals surface area (Å²) in [6.07, 6.45) is 0. The van der Waals surface area contributed by atoms with Crippen molar-refractivity contribution in [1.82, 2.24) is 9.55 Å². The quantitative estimate of drug-likeness (QED) is 0.515. The van der Waals surface area contributed by atoms with Crippen LogP contribution in [0.2, 0.25) is 0 Å². The third-order valence-corrected chi connectivity index (χ3v) is 1.20. The molecule has 6 heteroatoms. The van der Waals surface area contributed by atoms with E-state index < -0.39 is 11.2 Å². The summed E-state index contributed by atoms with van der Waals surface area (Å²) in [6, 6.07) is 1.15. The van der Waals surface area contributed by atoms with Crippen LogP contribution >= 0.6 is 0 Å². The van der Waals surface area contributed by atoms with Gasteiger partial charge in [-0.15, -0.1) is 0 Å². The number of H-pyrrole nitrogens is 1. The summed E-state index contributed by atoms with van der Waals surface area (Å²) in [6.45, 7) is 0. The summed E-state index contributed by atoms with van der Waals surface area (Å²) >= 11 is 0. The van der Waals surface area contributed by atoms with Gasteiger partial charge in [-0.05, 0) is 0 Å². The molecule has 0 radical (unpaired) electrons. The van der Waals surface area contributed by atoms with Crippen molar-refractivity contribution in [2.45, 2.75) is 0 Å². The summed E-state index contributed by atoms with van der Waals surface area (Å²) in [5.41, 5.74) is 4.30. The van der Waals surface area contributed by atoms with Crippen LogP contribution in [0, 0.1) is 0 Å². The predicted octanol–water partition coefficient (Wildman–Crippen LogP) is -1.35. The number of anilines is 1. The summed E-state index contributed by atoms with van der Waals surface area (Å²) in [4.78, 5) is 23.3. The van der Waals surface area contributed by atoms with E-state index in [2.05, 4.69) is 4.98 Å². The maximum absolute atomic E-state index is 10.7. The van der Waals surface area contributed by atoms with Crippen LogP contribution in [-0.4, -0.2) is 9.55 Å². The minimum absolute atomic E-state index is 0. The van der Waals surface area contributed by atoms with Gasteiger partial charge in [0.2, 0.25) is 0 Å². The van der Waals surface area contributed by atoms with Gasteiger partial charge in [-0.3, -0.25) is 14.3 Å². The van der Waals surface area contributed by atoms with Gasteiger partial charge in [-0.1, -0.05) is 0 Å². The molecule has 0 aromatic carbocycles. The zero-order valence-electron chi connectivity index (χ0n) is 6.13. The van der Waals surface area contributed by atoms with Gasteiger partial charge in [-0.2, -0.15) is 0 Å². The zero-order chi connectivity index (χ0) is 7.72. The Kier molecular flexibility index (Phi) is 3.20. The molecule has 1 aromatic heterocycles. The van der Waals surface area contributed by atoms with E-state index >= 15 is 0 Å². The number of hydrogen-bond acceptors (Lipinski definition) is 3. The maximum atomic E-state index is 10.7. The number of aromatic amines is 1. The Morgan fingerprint density at radius 2 is 2.09 bits per heavy atom. The first-order valence-corrected chi connectivity index (χ1v) is 2.67. The molecule has 1 heterocycles. The Bertz CT molecular complexity index is 353. The van der Waals surface area contributed by atoms with E-state index in [9.17, 15) is 9.59 Å². The van der Waals surface area contributed by atoms with E-state index in [1.165, 1.54) is 7.05 Å². The molecule has 0 bridgehead atoms. The Hall–Kier alpha value is -0.897. The molecule has 1 rings (SSSR count). The van der Waals surface area contributed by atoms with Crippen LogP contribution in [0.15, 0.2) is 15.7 Å². The monoisotopic (exact) mass is 205 g/mol. The predicted molar refractivity (Wildman–Crippen MR) is 36.7 cm³/mol. The molecule has 0 saturated heterocycles. The minimum atomic E-state index is -0.495. The first-order chi connectivity index (χ1) is 4.61. The van der Waals surface area contributed by atoms with Crippen molar-refractivity contribution in [2.75, 3.05) is 5.73 Å². The first kappa shape index (κ1) is 10.1. The molecule has 0 aliphatic carbocycles. The fourth-order valence-corrected chi connectivity index (χ4v) is 0.574. The molecule has 0 fully saturated rings. The van der Waals surface area contributed by atoms with Crippen LogP contribution in [0.3, 0.4) is 0 Å². The largest absolute Gasteiger partial charge is 0.385 e. The van der Waals surface area contributed by atoms with Gasteiger partial charge in [-0.25, -0.2) is 4.79 Å². The summed E-state index contributed by atoms with van der Waals surface area (Å²) in [5, 5.41) is 0. The van der Waals surface area contributed by atoms with Crippen LogP contribution in [0.25, 0.3) is 0 Å². The van der Waals surface area contributed by atoms with Crippen molar-refractivity contribution in [3.63, 3.8) is 0 Å². The van der Waals surface area contributed by atoms with E-state index in [1.807, 2.05) is 0 Å². The van der Waals surface area contributed by atoms with Gasteiger partial charge in [0.05, 0.1) is 0 Å². The molecule has 1 aromatic rings. The van der Waals surface area contributed by atoms with Gasteiger partial charge in [0.15, 0.2) is 0 Å². The van der Waals surface area contributed by atoms with Crippen molar-refractivity contribution in [3.8, 4) is 0 Å². The van der Waals surface area contributed by atoms with E-state index in [1.54, 1.807) is 0 Å². The Labute approximate surface area is 75.0 Å². The normalized spacial score (nSPS) is 8.82. The van der Waals surface area contributed by atoms with Gasteiger partial charge in [0, 0.05) is 32.6 Å². The number of nitrogens with zero attached hydrogens (tertiary/aromatic N) is 1. The maximum Gasteiger partial charge on any atom is 0.329 e. The third-order valence-electron chi connectivity index (χ3n) is 1.20. The first-order valence-electron chi connectivity index (χ1n) is 2.67. The SMILES string of the molecule is Cn1c(N)cc(=O)[nH]c1=O.[Zn]. The van der Waals surface area contributed by atoms with E-state index in [4.69, 9.17) is 5.73 Å². The smallest absolute Gasteiger partial charge is 0.329 e. The number of aromatic nitrogens is 2. The van der Waals surface area contributed by atoms with Crippen molar-refractivity contribution in [2.24, 2.45) is 7.05 Å². The summed E-state index contributed by atoms with van der Waals surface area (Å²) in [7, 11) is 1.48. The Balaban J connectivity index is 0.000001000. The van der Waals surface area contributed by atoms with Crippen molar-refractivity contribution in [3.05, 3.63) is 26.9 Å². The molecule has 3 N–H and O–H groups in total. The van der Waals surface area contributed by atoms with E-state index in [0.29, 0.717) is 0 Å². The second kappa shape index (κ2) is 3.48. The Morgan fingerprint density at radius 3 is 2.55 bits per heavy atom. The summed E-state index contributed by atoms with van der Waals surface area (Å²) in [5.74, 6) is 0.161. The zero-order valence-corrected chi connectivity index (χ0v) is 9.09. The molecule has 5 nitrogen and oxygen atoms in total. The topological polar surface area (TPSA) is 80.9 Å². The number of nitrogen functional groups attached to an aromatic ring is 1. The average Bonchev–Trinajstić information content (AvgIpc) is 1.82. The van der Waals surface area contributed by atoms with Crippen LogP contribution in [0.5, 0.6) is 0 Å². The molecule has 0 saturated carbocycles. The van der Waals surface area contributed by atoms with Crippen LogP contribution in [-0.2, 0) is 26.5 Å². The molecule has 11 heavy (non-hydrogen) atoms. The number of rotatable bonds is 0. The molecule has 0 unspecified atom stereocenters. The molecule has 0 aliphatic rings. The molecule has 0 spiro atoms.